The first-order chi connectivity index (χ1) is 14.3. The van der Waals surface area contributed by atoms with Crippen LogP contribution in [0.5, 0.6) is 5.75 Å². The van der Waals surface area contributed by atoms with Crippen molar-refractivity contribution in [3.63, 3.8) is 0 Å². The van der Waals surface area contributed by atoms with Gasteiger partial charge in [-0.05, 0) is 42.7 Å². The number of hydrogen-bond donors (Lipinski definition) is 4. The monoisotopic (exact) mass is 415 g/mol. The summed E-state index contributed by atoms with van der Waals surface area (Å²) in [6.07, 6.45) is 0.475. The molecule has 0 bridgehead atoms. The highest BCUT2D eigenvalue weighted by molar-refractivity contribution is 5.97. The second kappa shape index (κ2) is 10.9. The first-order valence-corrected chi connectivity index (χ1v) is 9.70. The van der Waals surface area contributed by atoms with E-state index in [1.807, 2.05) is 0 Å². The number of phenols is 1. The number of aromatic hydroxyl groups is 1. The van der Waals surface area contributed by atoms with Crippen LogP contribution < -0.4 is 16.0 Å². The largest absolute Gasteiger partial charge is 0.508 e. The van der Waals surface area contributed by atoms with Crippen molar-refractivity contribution in [2.24, 2.45) is 5.92 Å². The highest BCUT2D eigenvalue weighted by Gasteiger charge is 2.25. The van der Waals surface area contributed by atoms with Gasteiger partial charge < -0.3 is 21.1 Å². The molecular formula is C22H26FN3O4. The van der Waals surface area contributed by atoms with E-state index in [0.717, 1.165) is 0 Å². The third-order valence-corrected chi connectivity index (χ3v) is 4.40. The summed E-state index contributed by atoms with van der Waals surface area (Å²) in [5.74, 6) is -2.21. The van der Waals surface area contributed by atoms with E-state index >= 15 is 0 Å². The van der Waals surface area contributed by atoms with Gasteiger partial charge >= 0.3 is 0 Å². The molecule has 2 aromatic carbocycles. The van der Waals surface area contributed by atoms with Crippen LogP contribution in [0.15, 0.2) is 48.5 Å². The molecule has 4 N–H and O–H groups in total. The van der Waals surface area contributed by atoms with Crippen LogP contribution in [0.4, 0.5) is 4.39 Å². The van der Waals surface area contributed by atoms with Gasteiger partial charge in [-0.15, -0.1) is 0 Å². The number of nitrogens with one attached hydrogen (secondary N) is 3. The van der Waals surface area contributed by atoms with Crippen molar-refractivity contribution in [3.8, 4) is 5.75 Å². The van der Waals surface area contributed by atoms with Gasteiger partial charge in [0.1, 0.15) is 17.6 Å². The Morgan fingerprint density at radius 1 is 0.967 bits per heavy atom. The minimum atomic E-state index is -0.820. The van der Waals surface area contributed by atoms with Crippen LogP contribution in [0.1, 0.15) is 41.0 Å². The zero-order chi connectivity index (χ0) is 22.1. The number of halogens is 1. The first-order valence-electron chi connectivity index (χ1n) is 9.70. The van der Waals surface area contributed by atoms with E-state index in [4.69, 9.17) is 0 Å². The van der Waals surface area contributed by atoms with Gasteiger partial charge in [-0.2, -0.15) is 0 Å². The SMILES string of the molecule is CC(C)C(NC(=O)c1ccccc1F)C(=O)NCCCNC(=O)c1cccc(O)c1. The Morgan fingerprint density at radius 3 is 2.33 bits per heavy atom. The molecule has 8 heteroatoms. The molecule has 2 aromatic rings. The summed E-state index contributed by atoms with van der Waals surface area (Å²) in [6, 6.07) is 10.8. The van der Waals surface area contributed by atoms with Gasteiger partial charge in [0.15, 0.2) is 0 Å². The number of carbonyl (C=O) groups is 3. The molecule has 0 saturated heterocycles. The van der Waals surface area contributed by atoms with Crippen molar-refractivity contribution in [3.05, 3.63) is 65.5 Å². The summed E-state index contributed by atoms with van der Waals surface area (Å²) < 4.78 is 13.8. The molecule has 1 atom stereocenters. The predicted octanol–water partition coefficient (Wildman–Crippen LogP) is 2.22. The van der Waals surface area contributed by atoms with Gasteiger partial charge in [-0.1, -0.05) is 32.0 Å². The van der Waals surface area contributed by atoms with Gasteiger partial charge in [0, 0.05) is 18.7 Å². The maximum absolute atomic E-state index is 13.8. The fourth-order valence-electron chi connectivity index (χ4n) is 2.76. The van der Waals surface area contributed by atoms with Crippen molar-refractivity contribution in [2.45, 2.75) is 26.3 Å². The van der Waals surface area contributed by atoms with E-state index in [9.17, 15) is 23.9 Å². The van der Waals surface area contributed by atoms with Crippen LogP contribution in [0.3, 0.4) is 0 Å². The van der Waals surface area contributed by atoms with Crippen LogP contribution >= 0.6 is 0 Å². The number of phenolic OH excluding ortho intramolecular Hbond substituents is 1. The molecular weight excluding hydrogens is 389 g/mol. The quantitative estimate of drug-likeness (QED) is 0.471. The van der Waals surface area contributed by atoms with Crippen molar-refractivity contribution in [1.29, 1.82) is 0 Å². The Labute approximate surface area is 174 Å². The van der Waals surface area contributed by atoms with Gasteiger partial charge in [0.25, 0.3) is 11.8 Å². The second-order valence-electron chi connectivity index (χ2n) is 7.13. The molecule has 1 unspecified atom stereocenters. The molecule has 0 fully saturated rings. The minimum Gasteiger partial charge on any atom is -0.508 e. The van der Waals surface area contributed by atoms with E-state index in [0.29, 0.717) is 18.5 Å². The van der Waals surface area contributed by atoms with E-state index in [1.54, 1.807) is 32.0 Å². The van der Waals surface area contributed by atoms with E-state index in [-0.39, 0.29) is 35.6 Å². The number of rotatable bonds is 9. The third-order valence-electron chi connectivity index (χ3n) is 4.40. The van der Waals surface area contributed by atoms with E-state index in [1.165, 1.54) is 30.3 Å². The summed E-state index contributed by atoms with van der Waals surface area (Å²) >= 11 is 0. The Hall–Kier alpha value is -3.42. The maximum atomic E-state index is 13.8. The Kier molecular flexibility index (Phi) is 8.34. The van der Waals surface area contributed by atoms with Crippen LogP contribution in [-0.4, -0.2) is 42.0 Å². The summed E-state index contributed by atoms with van der Waals surface area (Å²) in [6.45, 7) is 4.17. The number of amides is 3. The smallest absolute Gasteiger partial charge is 0.254 e. The maximum Gasteiger partial charge on any atom is 0.254 e. The van der Waals surface area contributed by atoms with Crippen LogP contribution in [0, 0.1) is 11.7 Å². The van der Waals surface area contributed by atoms with Gasteiger partial charge in [0.2, 0.25) is 5.91 Å². The number of benzene rings is 2. The molecule has 7 nitrogen and oxygen atoms in total. The lowest BCUT2D eigenvalue weighted by atomic mass is 10.0. The fraction of sp³-hybridized carbons (Fsp3) is 0.318. The van der Waals surface area contributed by atoms with E-state index < -0.39 is 17.8 Å². The minimum absolute atomic E-state index is 0.00655. The average Bonchev–Trinajstić information content (AvgIpc) is 2.71. The summed E-state index contributed by atoms with van der Waals surface area (Å²) in [5.41, 5.74) is 0.223. The lowest BCUT2D eigenvalue weighted by Crippen LogP contribution is -2.50. The zero-order valence-corrected chi connectivity index (χ0v) is 16.9. The van der Waals surface area contributed by atoms with Gasteiger partial charge in [-0.3, -0.25) is 14.4 Å². The van der Waals surface area contributed by atoms with Crippen LogP contribution in [0.2, 0.25) is 0 Å². The zero-order valence-electron chi connectivity index (χ0n) is 16.9. The second-order valence-corrected chi connectivity index (χ2v) is 7.13. The Balaban J connectivity index is 1.79. The summed E-state index contributed by atoms with van der Waals surface area (Å²) in [7, 11) is 0. The highest BCUT2D eigenvalue weighted by atomic mass is 19.1. The molecule has 0 aliphatic heterocycles. The third kappa shape index (κ3) is 6.58. The summed E-state index contributed by atoms with van der Waals surface area (Å²) in [5, 5.41) is 17.4. The van der Waals surface area contributed by atoms with Crippen LogP contribution in [-0.2, 0) is 4.79 Å². The molecule has 30 heavy (non-hydrogen) atoms. The van der Waals surface area contributed by atoms with Crippen molar-refractivity contribution in [1.82, 2.24) is 16.0 Å². The Morgan fingerprint density at radius 2 is 1.67 bits per heavy atom. The molecule has 0 aromatic heterocycles. The molecule has 0 radical (unpaired) electrons. The lowest BCUT2D eigenvalue weighted by molar-refractivity contribution is -0.123. The van der Waals surface area contributed by atoms with Crippen LogP contribution in [0.25, 0.3) is 0 Å². The van der Waals surface area contributed by atoms with E-state index in [2.05, 4.69) is 16.0 Å². The summed E-state index contributed by atoms with van der Waals surface area (Å²) in [4.78, 5) is 36.7. The predicted molar refractivity (Wildman–Crippen MR) is 111 cm³/mol. The van der Waals surface area contributed by atoms with Crippen molar-refractivity contribution in [2.75, 3.05) is 13.1 Å². The molecule has 0 aliphatic rings. The lowest BCUT2D eigenvalue weighted by Gasteiger charge is -2.22. The first kappa shape index (κ1) is 22.9. The standard InChI is InChI=1S/C22H26FN3O4/c1-14(2)19(26-21(29)17-9-3-4-10-18(17)23)22(30)25-12-6-11-24-20(28)15-7-5-8-16(27)13-15/h3-5,7-10,13-14,19,27H,6,11-12H2,1-2H3,(H,24,28)(H,25,30)(H,26,29). The molecule has 2 rings (SSSR count). The topological polar surface area (TPSA) is 108 Å². The number of hydrogen-bond acceptors (Lipinski definition) is 4. The fourth-order valence-corrected chi connectivity index (χ4v) is 2.76. The molecule has 0 spiro atoms. The molecule has 0 saturated carbocycles. The van der Waals surface area contributed by atoms with Gasteiger partial charge in [-0.25, -0.2) is 4.39 Å². The molecule has 0 aliphatic carbocycles. The molecule has 3 amide bonds. The highest BCUT2D eigenvalue weighted by Crippen LogP contribution is 2.11. The van der Waals surface area contributed by atoms with Gasteiger partial charge in [0.05, 0.1) is 5.56 Å². The normalized spacial score (nSPS) is 11.6. The Bertz CT molecular complexity index is 901. The van der Waals surface area contributed by atoms with Crippen molar-refractivity contribution >= 4 is 17.7 Å². The van der Waals surface area contributed by atoms with Crippen molar-refractivity contribution < 1.29 is 23.9 Å². The molecule has 160 valence electrons. The average molecular weight is 415 g/mol. The molecule has 0 heterocycles. The number of carbonyl (C=O) groups excluding carboxylic acids is 3.